The number of benzene rings is 2. The van der Waals surface area contributed by atoms with Crippen LogP contribution < -0.4 is 10.3 Å². The van der Waals surface area contributed by atoms with Crippen molar-refractivity contribution in [1.82, 2.24) is 4.57 Å². The van der Waals surface area contributed by atoms with Crippen LogP contribution in [0.1, 0.15) is 46.0 Å². The lowest BCUT2D eigenvalue weighted by Crippen LogP contribution is -2.27. The van der Waals surface area contributed by atoms with E-state index in [1.54, 1.807) is 24.3 Å². The number of hydrogen-bond acceptors (Lipinski definition) is 5. The Hall–Kier alpha value is -3.85. The third-order valence-corrected chi connectivity index (χ3v) is 5.06. The standard InChI is InChI=1S/C25H24N2O4/c1-3-14-31-20-11-7-10-19(15-20)23(28)22-17(2)21(16-26)24(29)27(25(22)30)13-12-18-8-5-4-6-9-18/h4-11,15,30H,3,12-14H2,1-2H3. The molecule has 0 saturated carbocycles. The van der Waals surface area contributed by atoms with Gasteiger partial charge in [0.2, 0.25) is 5.88 Å². The van der Waals surface area contributed by atoms with Crippen molar-refractivity contribution in [1.29, 1.82) is 5.26 Å². The van der Waals surface area contributed by atoms with E-state index in [1.807, 2.05) is 43.3 Å². The molecule has 0 amide bonds. The van der Waals surface area contributed by atoms with Crippen LogP contribution in [0.5, 0.6) is 11.6 Å². The summed E-state index contributed by atoms with van der Waals surface area (Å²) in [6, 6.07) is 18.0. The normalized spacial score (nSPS) is 10.5. The van der Waals surface area contributed by atoms with Gasteiger partial charge in [-0.05, 0) is 43.0 Å². The molecule has 0 spiro atoms. The fourth-order valence-corrected chi connectivity index (χ4v) is 3.41. The van der Waals surface area contributed by atoms with E-state index >= 15 is 0 Å². The molecule has 0 unspecified atom stereocenters. The van der Waals surface area contributed by atoms with Gasteiger partial charge in [0, 0.05) is 12.1 Å². The van der Waals surface area contributed by atoms with Crippen LogP contribution in [0.3, 0.4) is 0 Å². The number of carbonyl (C=O) groups is 1. The molecule has 31 heavy (non-hydrogen) atoms. The summed E-state index contributed by atoms with van der Waals surface area (Å²) in [5.74, 6) is -0.355. The van der Waals surface area contributed by atoms with Crippen LogP contribution in [-0.2, 0) is 13.0 Å². The molecule has 1 N–H and O–H groups in total. The summed E-state index contributed by atoms with van der Waals surface area (Å²) >= 11 is 0. The van der Waals surface area contributed by atoms with Gasteiger partial charge in [-0.2, -0.15) is 5.26 Å². The average Bonchev–Trinajstić information content (AvgIpc) is 2.78. The summed E-state index contributed by atoms with van der Waals surface area (Å²) in [4.78, 5) is 26.1. The quantitative estimate of drug-likeness (QED) is 0.561. The predicted octanol–water partition coefficient (Wildman–Crippen LogP) is 4.00. The Bertz CT molecular complexity index is 1190. The van der Waals surface area contributed by atoms with Gasteiger partial charge in [-0.1, -0.05) is 49.4 Å². The van der Waals surface area contributed by atoms with E-state index in [0.29, 0.717) is 24.3 Å². The van der Waals surface area contributed by atoms with Crippen LogP contribution in [-0.4, -0.2) is 22.1 Å². The minimum atomic E-state index is -0.606. The van der Waals surface area contributed by atoms with Crippen molar-refractivity contribution in [2.75, 3.05) is 6.61 Å². The van der Waals surface area contributed by atoms with Crippen molar-refractivity contribution >= 4 is 5.78 Å². The van der Waals surface area contributed by atoms with Crippen LogP contribution in [0.15, 0.2) is 59.4 Å². The highest BCUT2D eigenvalue weighted by Gasteiger charge is 2.25. The van der Waals surface area contributed by atoms with Crippen LogP contribution >= 0.6 is 0 Å². The van der Waals surface area contributed by atoms with Gasteiger partial charge in [0.1, 0.15) is 17.4 Å². The predicted molar refractivity (Wildman–Crippen MR) is 118 cm³/mol. The topological polar surface area (TPSA) is 92.3 Å². The van der Waals surface area contributed by atoms with Gasteiger partial charge < -0.3 is 9.84 Å². The number of pyridine rings is 1. The molecule has 3 rings (SSSR count). The van der Waals surface area contributed by atoms with Gasteiger partial charge in [-0.3, -0.25) is 14.2 Å². The number of aromatic nitrogens is 1. The molecule has 0 aliphatic carbocycles. The maximum Gasteiger partial charge on any atom is 0.271 e. The van der Waals surface area contributed by atoms with Crippen molar-refractivity contribution < 1.29 is 14.6 Å². The number of nitrogens with zero attached hydrogens (tertiary/aromatic N) is 2. The van der Waals surface area contributed by atoms with Gasteiger partial charge in [-0.15, -0.1) is 0 Å². The maximum absolute atomic E-state index is 13.3. The van der Waals surface area contributed by atoms with Crippen molar-refractivity contribution in [2.24, 2.45) is 0 Å². The average molecular weight is 416 g/mol. The first-order valence-electron chi connectivity index (χ1n) is 10.2. The van der Waals surface area contributed by atoms with E-state index in [1.165, 1.54) is 6.92 Å². The molecule has 0 aliphatic heterocycles. The van der Waals surface area contributed by atoms with Gasteiger partial charge in [0.05, 0.1) is 12.2 Å². The highest BCUT2D eigenvalue weighted by Crippen LogP contribution is 2.26. The monoisotopic (exact) mass is 416 g/mol. The number of aryl methyl sites for hydroxylation is 1. The molecular weight excluding hydrogens is 392 g/mol. The van der Waals surface area contributed by atoms with Crippen LogP contribution in [0.2, 0.25) is 0 Å². The molecule has 1 aromatic heterocycles. The first kappa shape index (κ1) is 21.8. The molecule has 0 fully saturated rings. The second-order valence-corrected chi connectivity index (χ2v) is 7.21. The lowest BCUT2D eigenvalue weighted by molar-refractivity contribution is 0.103. The summed E-state index contributed by atoms with van der Waals surface area (Å²) in [5.41, 5.74) is 0.658. The minimum Gasteiger partial charge on any atom is -0.494 e. The molecule has 1 heterocycles. The third-order valence-electron chi connectivity index (χ3n) is 5.06. The molecule has 6 heteroatoms. The Labute approximate surface area is 181 Å². The summed E-state index contributed by atoms with van der Waals surface area (Å²) in [6.45, 7) is 4.15. The van der Waals surface area contributed by atoms with E-state index in [2.05, 4.69) is 0 Å². The minimum absolute atomic E-state index is 0.0446. The third kappa shape index (κ3) is 4.67. The number of nitriles is 1. The Morgan fingerprint density at radius 3 is 2.58 bits per heavy atom. The molecule has 0 radical (unpaired) electrons. The lowest BCUT2D eigenvalue weighted by atomic mass is 9.97. The van der Waals surface area contributed by atoms with Crippen molar-refractivity contribution in [2.45, 2.75) is 33.2 Å². The summed E-state index contributed by atoms with van der Waals surface area (Å²) in [5, 5.41) is 20.4. The van der Waals surface area contributed by atoms with E-state index in [0.717, 1.165) is 16.6 Å². The largest absolute Gasteiger partial charge is 0.494 e. The van der Waals surface area contributed by atoms with Gasteiger partial charge in [-0.25, -0.2) is 0 Å². The zero-order chi connectivity index (χ0) is 22.4. The highest BCUT2D eigenvalue weighted by atomic mass is 16.5. The van der Waals surface area contributed by atoms with E-state index in [4.69, 9.17) is 4.74 Å². The van der Waals surface area contributed by atoms with Crippen molar-refractivity contribution in [3.63, 3.8) is 0 Å². The first-order chi connectivity index (χ1) is 15.0. The van der Waals surface area contributed by atoms with Crippen LogP contribution in [0, 0.1) is 18.3 Å². The number of ketones is 1. The fourth-order valence-electron chi connectivity index (χ4n) is 3.41. The molecule has 3 aromatic rings. The Morgan fingerprint density at radius 1 is 1.16 bits per heavy atom. The Balaban J connectivity index is 2.04. The zero-order valence-electron chi connectivity index (χ0n) is 17.6. The Morgan fingerprint density at radius 2 is 1.90 bits per heavy atom. The molecule has 0 bridgehead atoms. The van der Waals surface area contributed by atoms with E-state index in [9.17, 15) is 20.0 Å². The number of hydrogen-bond donors (Lipinski definition) is 1. The maximum atomic E-state index is 13.3. The number of rotatable bonds is 8. The van der Waals surface area contributed by atoms with E-state index < -0.39 is 17.2 Å². The molecule has 0 atom stereocenters. The summed E-state index contributed by atoms with van der Waals surface area (Å²) < 4.78 is 6.70. The molecule has 6 nitrogen and oxygen atoms in total. The number of ether oxygens (including phenoxy) is 1. The number of aromatic hydroxyl groups is 1. The van der Waals surface area contributed by atoms with Gasteiger partial charge in [0.25, 0.3) is 5.56 Å². The van der Waals surface area contributed by atoms with E-state index in [-0.39, 0.29) is 23.2 Å². The molecule has 158 valence electrons. The second-order valence-electron chi connectivity index (χ2n) is 7.21. The molecule has 0 saturated heterocycles. The van der Waals surface area contributed by atoms with Crippen LogP contribution in [0.4, 0.5) is 0 Å². The van der Waals surface area contributed by atoms with Crippen molar-refractivity contribution in [3.8, 4) is 17.7 Å². The number of carbonyl (C=O) groups excluding carboxylic acids is 1. The lowest BCUT2D eigenvalue weighted by Gasteiger charge is -2.16. The van der Waals surface area contributed by atoms with Crippen LogP contribution in [0.25, 0.3) is 0 Å². The highest BCUT2D eigenvalue weighted by molar-refractivity contribution is 6.11. The zero-order valence-corrected chi connectivity index (χ0v) is 17.6. The van der Waals surface area contributed by atoms with Crippen molar-refractivity contribution in [3.05, 3.63) is 92.8 Å². The summed E-state index contributed by atoms with van der Waals surface area (Å²) in [6.07, 6.45) is 1.30. The summed E-state index contributed by atoms with van der Waals surface area (Å²) in [7, 11) is 0. The van der Waals surface area contributed by atoms with Gasteiger partial charge >= 0.3 is 0 Å². The second kappa shape index (κ2) is 9.77. The smallest absolute Gasteiger partial charge is 0.271 e. The molecular formula is C25H24N2O4. The van der Waals surface area contributed by atoms with Gasteiger partial charge in [0.15, 0.2) is 5.78 Å². The SMILES string of the molecule is CCCOc1cccc(C(=O)c2c(C)c(C#N)c(=O)n(CCc3ccccc3)c2O)c1. The molecule has 2 aromatic carbocycles. The molecule has 0 aliphatic rings. The fraction of sp³-hybridized carbons (Fsp3) is 0.240. The Kier molecular flexibility index (Phi) is 6.88. The first-order valence-corrected chi connectivity index (χ1v) is 10.2.